The molecule has 344 valence electrons. The fraction of sp³-hybridized carbons (Fsp3) is 0.386. The lowest BCUT2D eigenvalue weighted by Crippen LogP contribution is -2.30. The van der Waals surface area contributed by atoms with E-state index in [9.17, 15) is 24.0 Å². The van der Waals surface area contributed by atoms with E-state index < -0.39 is 5.97 Å². The molecule has 0 heterocycles. The predicted octanol–water partition coefficient (Wildman–Crippen LogP) is 13.5. The molecule has 4 aromatic rings. The second-order valence-electron chi connectivity index (χ2n) is 17.2. The van der Waals surface area contributed by atoms with Crippen LogP contribution in [0.2, 0.25) is 0 Å². The first-order valence-corrected chi connectivity index (χ1v) is 23.4. The van der Waals surface area contributed by atoms with Gasteiger partial charge >= 0.3 is 11.9 Å². The van der Waals surface area contributed by atoms with Gasteiger partial charge in [0.15, 0.2) is 17.3 Å². The number of hydrogen-bond donors (Lipinski definition) is 0. The minimum absolute atomic E-state index is 0.0464. The molecule has 0 amide bonds. The highest BCUT2D eigenvalue weighted by molar-refractivity contribution is 6.09. The van der Waals surface area contributed by atoms with Gasteiger partial charge in [-0.05, 0) is 122 Å². The third-order valence-electron chi connectivity index (χ3n) is 11.9. The summed E-state index contributed by atoms with van der Waals surface area (Å²) in [5.74, 6) is 1.56. The van der Waals surface area contributed by atoms with Crippen molar-refractivity contribution in [3.8, 4) is 22.6 Å². The normalized spacial score (nSPS) is 15.6. The minimum atomic E-state index is -0.477. The number of hydrogen-bond acceptors (Lipinski definition) is 8. The molecule has 65 heavy (non-hydrogen) atoms. The van der Waals surface area contributed by atoms with Gasteiger partial charge in [-0.3, -0.25) is 14.4 Å². The number of Topliss-reactive ketones (excluding diaryl/α,β-unsaturated/α-hetero) is 2. The molecule has 1 saturated carbocycles. The zero-order valence-electron chi connectivity index (χ0n) is 39.2. The topological polar surface area (TPSA) is 113 Å². The Labute approximate surface area is 387 Å². The van der Waals surface area contributed by atoms with Crippen LogP contribution in [0.5, 0.6) is 11.5 Å². The van der Waals surface area contributed by atoms with E-state index >= 15 is 0 Å². The number of unbranched alkanes of at least 4 members (excludes halogenated alkanes) is 6. The largest absolute Gasteiger partial charge is 0.494 e. The maximum atomic E-state index is 13.0. The molecule has 0 bridgehead atoms. The smallest absolute Gasteiger partial charge is 0.335 e. The van der Waals surface area contributed by atoms with Crippen LogP contribution in [0, 0.1) is 23.7 Å². The zero-order valence-corrected chi connectivity index (χ0v) is 39.2. The second-order valence-corrected chi connectivity index (χ2v) is 17.2. The van der Waals surface area contributed by atoms with Crippen molar-refractivity contribution in [1.82, 2.24) is 0 Å². The highest BCUT2D eigenvalue weighted by Gasteiger charge is 2.32. The Morgan fingerprint density at radius 3 is 1.77 bits per heavy atom. The number of rotatable bonds is 23. The molecule has 5 rings (SSSR count). The number of ketones is 3. The molecule has 1 fully saturated rings. The Balaban J connectivity index is 0.000000302. The van der Waals surface area contributed by atoms with Gasteiger partial charge in [-0.15, -0.1) is 0 Å². The molecular weight excluding hydrogens is 813 g/mol. The van der Waals surface area contributed by atoms with Gasteiger partial charge in [0.05, 0.1) is 13.2 Å². The van der Waals surface area contributed by atoms with Crippen molar-refractivity contribution in [2.75, 3.05) is 13.2 Å². The lowest BCUT2D eigenvalue weighted by Gasteiger charge is -2.30. The average molecular weight is 881 g/mol. The monoisotopic (exact) mass is 880 g/mol. The van der Waals surface area contributed by atoms with E-state index in [4.69, 9.17) is 14.2 Å². The van der Waals surface area contributed by atoms with E-state index in [-0.39, 0.29) is 41.1 Å². The van der Waals surface area contributed by atoms with Crippen LogP contribution in [-0.2, 0) is 19.1 Å². The van der Waals surface area contributed by atoms with E-state index in [1.807, 2.05) is 85.8 Å². The molecule has 0 radical (unpaired) electrons. The van der Waals surface area contributed by atoms with Gasteiger partial charge in [0.25, 0.3) is 0 Å². The molecule has 0 aliphatic heterocycles. The van der Waals surface area contributed by atoms with E-state index in [1.54, 1.807) is 24.3 Å². The SMILES string of the molecule is C=CC(=O)OCCCCCCOc1ccc(C(=O)c2ccc(C=C3C(=O)C(C(C)C)CCC3C)cc2)cc1.C=CC(=O)Oc1ccc(-c2ccc(C(=O)C(C)CCCCCC)cc2)cc1. The Kier molecular flexibility index (Phi) is 21.6. The molecule has 8 nitrogen and oxygen atoms in total. The first kappa shape index (κ1) is 51.5. The summed E-state index contributed by atoms with van der Waals surface area (Å²) in [6.45, 7) is 18.3. The molecule has 3 unspecified atom stereocenters. The number of esters is 2. The molecule has 0 aromatic heterocycles. The molecule has 1 aliphatic carbocycles. The first-order valence-electron chi connectivity index (χ1n) is 23.4. The summed E-state index contributed by atoms with van der Waals surface area (Å²) in [5, 5.41) is 0. The summed E-state index contributed by atoms with van der Waals surface area (Å²) >= 11 is 0. The number of carbonyl (C=O) groups is 5. The maximum Gasteiger partial charge on any atom is 0.335 e. The van der Waals surface area contributed by atoms with Crippen LogP contribution >= 0.6 is 0 Å². The number of ether oxygens (including phenoxy) is 3. The van der Waals surface area contributed by atoms with E-state index in [0.717, 1.165) is 91.0 Å². The lowest BCUT2D eigenvalue weighted by atomic mass is 9.73. The van der Waals surface area contributed by atoms with E-state index in [2.05, 4.69) is 40.9 Å². The van der Waals surface area contributed by atoms with Crippen LogP contribution in [0.3, 0.4) is 0 Å². The molecule has 0 spiro atoms. The van der Waals surface area contributed by atoms with Crippen molar-refractivity contribution in [2.24, 2.45) is 23.7 Å². The van der Waals surface area contributed by atoms with Gasteiger partial charge in [0.1, 0.15) is 11.5 Å². The Bertz CT molecular complexity index is 2190. The molecule has 0 saturated heterocycles. The van der Waals surface area contributed by atoms with Gasteiger partial charge in [0, 0.05) is 40.7 Å². The average Bonchev–Trinajstić information content (AvgIpc) is 3.32. The Hall–Kier alpha value is -6.15. The van der Waals surface area contributed by atoms with E-state index in [1.165, 1.54) is 25.3 Å². The molecule has 3 atom stereocenters. The van der Waals surface area contributed by atoms with Crippen LogP contribution < -0.4 is 9.47 Å². The summed E-state index contributed by atoms with van der Waals surface area (Å²) < 4.78 is 15.8. The van der Waals surface area contributed by atoms with Crippen molar-refractivity contribution >= 4 is 35.4 Å². The standard InChI is InChI=1S/C33H40O5.C24H28O3/c1-5-31(34)38-21-9-7-6-8-20-37-28-17-15-27(16-18-28)32(35)26-13-11-25(12-14-26)22-30-24(4)10-19-29(23(2)3)33(30)36;1-4-6-7-8-9-18(3)24(26)21-12-10-19(11-13-21)20-14-16-22(17-15-20)27-23(25)5-2/h5,11-18,22-24,29H,1,6-10,19-21H2,2-4H3;5,10-18H,2,4,6-9H2,1,3H3. The van der Waals surface area contributed by atoms with Crippen LogP contribution in [0.25, 0.3) is 17.2 Å². The third-order valence-corrected chi connectivity index (χ3v) is 11.9. The molecular formula is C57H68O8. The van der Waals surface area contributed by atoms with Crippen molar-refractivity contribution in [3.05, 3.63) is 150 Å². The van der Waals surface area contributed by atoms with Gasteiger partial charge in [-0.1, -0.05) is 134 Å². The zero-order chi connectivity index (χ0) is 47.1. The lowest BCUT2D eigenvalue weighted by molar-refractivity contribution is -0.138. The quantitative estimate of drug-likeness (QED) is 0.0238. The van der Waals surface area contributed by atoms with Crippen LogP contribution in [0.4, 0.5) is 0 Å². The number of carbonyl (C=O) groups excluding carboxylic acids is 5. The highest BCUT2D eigenvalue weighted by atomic mass is 16.5. The summed E-state index contributed by atoms with van der Waals surface area (Å²) in [6.07, 6.45) is 15.7. The van der Waals surface area contributed by atoms with Crippen molar-refractivity contribution in [1.29, 1.82) is 0 Å². The van der Waals surface area contributed by atoms with Gasteiger partial charge in [0.2, 0.25) is 0 Å². The molecule has 0 N–H and O–H groups in total. The van der Waals surface area contributed by atoms with Crippen LogP contribution in [0.1, 0.15) is 137 Å². The Morgan fingerprint density at radius 2 is 1.18 bits per heavy atom. The van der Waals surface area contributed by atoms with Gasteiger partial charge < -0.3 is 14.2 Å². The first-order chi connectivity index (χ1) is 31.3. The van der Waals surface area contributed by atoms with Crippen molar-refractivity contribution in [3.63, 3.8) is 0 Å². The van der Waals surface area contributed by atoms with Crippen molar-refractivity contribution in [2.45, 2.75) is 105 Å². The van der Waals surface area contributed by atoms with Crippen molar-refractivity contribution < 1.29 is 38.2 Å². The molecule has 1 aliphatic rings. The van der Waals surface area contributed by atoms with Crippen LogP contribution in [0.15, 0.2) is 128 Å². The number of allylic oxidation sites excluding steroid dienone is 1. The third kappa shape index (κ3) is 16.7. The van der Waals surface area contributed by atoms with Crippen LogP contribution in [-0.4, -0.2) is 42.5 Å². The summed E-state index contributed by atoms with van der Waals surface area (Å²) in [5.41, 5.74) is 5.85. The highest BCUT2D eigenvalue weighted by Crippen LogP contribution is 2.35. The number of benzene rings is 4. The fourth-order valence-electron chi connectivity index (χ4n) is 7.77. The maximum absolute atomic E-state index is 13.0. The summed E-state index contributed by atoms with van der Waals surface area (Å²) in [7, 11) is 0. The Morgan fingerprint density at radius 1 is 0.646 bits per heavy atom. The minimum Gasteiger partial charge on any atom is -0.494 e. The summed E-state index contributed by atoms with van der Waals surface area (Å²) in [4.78, 5) is 60.7. The molecule has 4 aromatic carbocycles. The predicted molar refractivity (Wildman–Crippen MR) is 261 cm³/mol. The van der Waals surface area contributed by atoms with Gasteiger partial charge in [-0.2, -0.15) is 0 Å². The molecule has 8 heteroatoms. The second kappa shape index (κ2) is 27.2. The van der Waals surface area contributed by atoms with E-state index in [0.29, 0.717) is 36.0 Å². The summed E-state index contributed by atoms with van der Waals surface area (Å²) in [6, 6.07) is 29.7. The fourth-order valence-corrected chi connectivity index (χ4v) is 7.77. The van der Waals surface area contributed by atoms with Gasteiger partial charge in [-0.25, -0.2) is 9.59 Å².